The van der Waals surface area contributed by atoms with Gasteiger partial charge in [-0.25, -0.2) is 4.98 Å². The van der Waals surface area contributed by atoms with Crippen molar-refractivity contribution in [3.05, 3.63) is 36.9 Å². The molecular weight excluding hydrogens is 308 g/mol. The number of anilines is 1. The number of aliphatic imine (C=N–C) groups is 1. The molecule has 0 saturated heterocycles. The first kappa shape index (κ1) is 17.1. The minimum absolute atomic E-state index is 0.367. The molecule has 2 N–H and O–H groups in total. The van der Waals surface area contributed by atoms with Gasteiger partial charge in [0.2, 0.25) is 5.96 Å². The van der Waals surface area contributed by atoms with Crippen LogP contribution in [0.3, 0.4) is 0 Å². The van der Waals surface area contributed by atoms with Crippen molar-refractivity contribution in [2.75, 3.05) is 26.1 Å². The van der Waals surface area contributed by atoms with Crippen LogP contribution in [0.25, 0.3) is 0 Å². The van der Waals surface area contributed by atoms with Crippen LogP contribution in [0.4, 0.5) is 5.69 Å². The Balaban J connectivity index is 1.99. The maximum absolute atomic E-state index is 8.88. The molecule has 126 valence electrons. The van der Waals surface area contributed by atoms with Gasteiger partial charge in [-0.3, -0.25) is 10.3 Å². The van der Waals surface area contributed by atoms with Gasteiger partial charge in [0, 0.05) is 31.5 Å². The third kappa shape index (κ3) is 4.91. The van der Waals surface area contributed by atoms with Crippen LogP contribution in [0, 0.1) is 11.5 Å². The maximum atomic E-state index is 8.88. The lowest BCUT2D eigenvalue weighted by Crippen LogP contribution is -2.27. The number of methoxy groups -OCH3 is 2. The third-order valence-electron chi connectivity index (χ3n) is 3.24. The number of rotatable bonds is 7. The van der Waals surface area contributed by atoms with Gasteiger partial charge in [0.1, 0.15) is 11.5 Å². The van der Waals surface area contributed by atoms with E-state index in [2.05, 4.69) is 20.6 Å². The minimum Gasteiger partial charge on any atom is -0.497 e. The van der Waals surface area contributed by atoms with Crippen LogP contribution in [0.5, 0.6) is 11.5 Å². The van der Waals surface area contributed by atoms with Gasteiger partial charge in [-0.15, -0.1) is 0 Å². The average Bonchev–Trinajstić information content (AvgIpc) is 3.12. The molecule has 0 aliphatic heterocycles. The average molecular weight is 328 g/mol. The van der Waals surface area contributed by atoms with E-state index in [-0.39, 0.29) is 0 Å². The molecular formula is C16H20N6O2. The molecule has 0 saturated carbocycles. The fourth-order valence-corrected chi connectivity index (χ4v) is 2.06. The molecule has 1 heterocycles. The predicted molar refractivity (Wildman–Crippen MR) is 91.1 cm³/mol. The largest absolute Gasteiger partial charge is 0.497 e. The topological polar surface area (TPSA) is 96.5 Å². The number of benzene rings is 1. The lowest BCUT2D eigenvalue weighted by molar-refractivity contribution is 0.395. The summed E-state index contributed by atoms with van der Waals surface area (Å²) in [7, 11) is 3.16. The van der Waals surface area contributed by atoms with Crippen molar-refractivity contribution in [2.24, 2.45) is 4.99 Å². The van der Waals surface area contributed by atoms with Crippen molar-refractivity contribution in [3.63, 3.8) is 0 Å². The van der Waals surface area contributed by atoms with Gasteiger partial charge in [-0.1, -0.05) is 0 Å². The molecule has 1 aromatic heterocycles. The fraction of sp³-hybridized carbons (Fsp3) is 0.312. The number of imidazole rings is 1. The van der Waals surface area contributed by atoms with Crippen LogP contribution in [-0.4, -0.2) is 36.3 Å². The first-order valence-corrected chi connectivity index (χ1v) is 7.41. The summed E-state index contributed by atoms with van der Waals surface area (Å²) in [6.45, 7) is 1.38. The Morgan fingerprint density at radius 1 is 1.38 bits per heavy atom. The summed E-state index contributed by atoms with van der Waals surface area (Å²) < 4.78 is 12.5. The standard InChI is InChI=1S/C16H20N6O2/c1-23-13-4-5-14(15(10-13)24-2)21-16(20-11-17)19-6-3-8-22-9-7-18-12-22/h4-5,7,9-10,12H,3,6,8H2,1-2H3,(H2,19,20,21). The van der Waals surface area contributed by atoms with E-state index in [1.807, 2.05) is 17.0 Å². The van der Waals surface area contributed by atoms with E-state index in [9.17, 15) is 0 Å². The number of hydrogen-bond acceptors (Lipinski definition) is 5. The molecule has 8 heteroatoms. The number of guanidine groups is 1. The Kier molecular flexibility index (Phi) is 6.46. The van der Waals surface area contributed by atoms with Gasteiger partial charge in [0.15, 0.2) is 6.19 Å². The Morgan fingerprint density at radius 2 is 2.25 bits per heavy atom. The number of aryl methyl sites for hydroxylation is 1. The van der Waals surface area contributed by atoms with E-state index >= 15 is 0 Å². The Bertz CT molecular complexity index is 706. The number of ether oxygens (including phenoxy) is 2. The Morgan fingerprint density at radius 3 is 2.92 bits per heavy atom. The van der Waals surface area contributed by atoms with Gasteiger partial charge >= 0.3 is 0 Å². The number of nitrogens with zero attached hydrogens (tertiary/aromatic N) is 4. The number of nitrogens with one attached hydrogen (secondary N) is 2. The van der Waals surface area contributed by atoms with Gasteiger partial charge in [0.25, 0.3) is 0 Å². The minimum atomic E-state index is 0.367. The van der Waals surface area contributed by atoms with Crippen molar-refractivity contribution < 1.29 is 9.47 Å². The van der Waals surface area contributed by atoms with Crippen LogP contribution in [0.1, 0.15) is 6.42 Å². The smallest absolute Gasteiger partial charge is 0.209 e. The highest BCUT2D eigenvalue weighted by Crippen LogP contribution is 2.28. The second-order valence-corrected chi connectivity index (χ2v) is 4.81. The molecule has 24 heavy (non-hydrogen) atoms. The highest BCUT2D eigenvalue weighted by Gasteiger charge is 2.07. The predicted octanol–water partition coefficient (Wildman–Crippen LogP) is 1.83. The van der Waals surface area contributed by atoms with Crippen molar-refractivity contribution in [2.45, 2.75) is 13.0 Å². The zero-order valence-corrected chi connectivity index (χ0v) is 13.7. The quantitative estimate of drug-likeness (QED) is 0.265. The van der Waals surface area contributed by atoms with Crippen LogP contribution in [0.2, 0.25) is 0 Å². The Hall–Kier alpha value is -3.21. The summed E-state index contributed by atoms with van der Waals surface area (Å²) in [6.07, 6.45) is 8.11. The molecule has 2 aromatic rings. The van der Waals surface area contributed by atoms with Crippen molar-refractivity contribution in [1.82, 2.24) is 14.9 Å². The molecule has 2 rings (SSSR count). The van der Waals surface area contributed by atoms with Gasteiger partial charge in [-0.05, 0) is 18.6 Å². The SMILES string of the molecule is COc1ccc(NC(=NCCCn2ccnc2)NC#N)c(OC)c1. The Labute approximate surface area is 140 Å². The van der Waals surface area contributed by atoms with Crippen LogP contribution < -0.4 is 20.1 Å². The number of nitriles is 1. The second kappa shape index (κ2) is 9.05. The summed E-state index contributed by atoms with van der Waals surface area (Å²) >= 11 is 0. The monoisotopic (exact) mass is 328 g/mol. The zero-order chi connectivity index (χ0) is 17.2. The lowest BCUT2D eigenvalue weighted by atomic mass is 10.2. The summed E-state index contributed by atoms with van der Waals surface area (Å²) in [6, 6.07) is 5.36. The molecule has 0 spiro atoms. The van der Waals surface area contributed by atoms with Crippen molar-refractivity contribution in [3.8, 4) is 17.7 Å². The fourth-order valence-electron chi connectivity index (χ4n) is 2.06. The second-order valence-electron chi connectivity index (χ2n) is 4.81. The molecule has 1 aromatic carbocycles. The highest BCUT2D eigenvalue weighted by molar-refractivity contribution is 5.95. The zero-order valence-electron chi connectivity index (χ0n) is 13.7. The molecule has 0 bridgehead atoms. The molecule has 0 fully saturated rings. The van der Waals surface area contributed by atoms with E-state index in [0.29, 0.717) is 29.7 Å². The van der Waals surface area contributed by atoms with E-state index in [1.165, 1.54) is 0 Å². The maximum Gasteiger partial charge on any atom is 0.209 e. The summed E-state index contributed by atoms with van der Waals surface area (Å²) in [5.41, 5.74) is 0.689. The summed E-state index contributed by atoms with van der Waals surface area (Å²) in [5.74, 6) is 1.65. The van der Waals surface area contributed by atoms with E-state index < -0.39 is 0 Å². The van der Waals surface area contributed by atoms with E-state index in [4.69, 9.17) is 14.7 Å². The number of hydrogen-bond donors (Lipinski definition) is 2. The molecule has 0 unspecified atom stereocenters. The molecule has 0 atom stereocenters. The van der Waals surface area contributed by atoms with Crippen LogP contribution >= 0.6 is 0 Å². The van der Waals surface area contributed by atoms with Crippen molar-refractivity contribution >= 4 is 11.6 Å². The summed E-state index contributed by atoms with van der Waals surface area (Å²) in [5, 5.41) is 14.5. The van der Waals surface area contributed by atoms with Gasteiger partial charge < -0.3 is 19.4 Å². The van der Waals surface area contributed by atoms with E-state index in [1.54, 1.807) is 44.9 Å². The summed E-state index contributed by atoms with van der Waals surface area (Å²) in [4.78, 5) is 8.37. The van der Waals surface area contributed by atoms with Crippen molar-refractivity contribution in [1.29, 1.82) is 5.26 Å². The third-order valence-corrected chi connectivity index (χ3v) is 3.24. The van der Waals surface area contributed by atoms with Gasteiger partial charge in [-0.2, -0.15) is 5.26 Å². The van der Waals surface area contributed by atoms with Gasteiger partial charge in [0.05, 0.1) is 26.2 Å². The first-order valence-electron chi connectivity index (χ1n) is 7.41. The first-order chi connectivity index (χ1) is 11.8. The normalized spacial score (nSPS) is 10.8. The molecule has 0 aliphatic carbocycles. The highest BCUT2D eigenvalue weighted by atomic mass is 16.5. The van der Waals surface area contributed by atoms with Crippen LogP contribution in [-0.2, 0) is 6.54 Å². The number of aromatic nitrogens is 2. The molecule has 0 aliphatic rings. The van der Waals surface area contributed by atoms with E-state index in [0.717, 1.165) is 13.0 Å². The van der Waals surface area contributed by atoms with Crippen LogP contribution in [0.15, 0.2) is 41.9 Å². The molecule has 0 radical (unpaired) electrons. The lowest BCUT2D eigenvalue weighted by Gasteiger charge is -2.13. The molecule has 8 nitrogen and oxygen atoms in total. The molecule has 0 amide bonds.